The molecule has 0 radical (unpaired) electrons. The molecule has 4 aromatic carbocycles. The van der Waals surface area contributed by atoms with Crippen molar-refractivity contribution in [3.05, 3.63) is 102 Å². The quantitative estimate of drug-likeness (QED) is 0.139. The number of benzene rings is 4. The first-order valence-electron chi connectivity index (χ1n) is 16.5. The molecule has 0 N–H and O–H groups in total. The summed E-state index contributed by atoms with van der Waals surface area (Å²) in [6.07, 6.45) is 1.15. The lowest BCUT2D eigenvalue weighted by Gasteiger charge is -2.44. The molecule has 0 aliphatic carbocycles. The molecule has 1 heterocycles. The van der Waals surface area contributed by atoms with E-state index in [1.165, 1.54) is 44.5 Å². The van der Waals surface area contributed by atoms with Crippen LogP contribution in [0.1, 0.15) is 70.6 Å². The number of hydrogen-bond acceptors (Lipinski definition) is 4. The van der Waals surface area contributed by atoms with Crippen LogP contribution in [0.4, 0.5) is 17.1 Å². The Morgan fingerprint density at radius 1 is 0.581 bits per heavy atom. The van der Waals surface area contributed by atoms with Crippen molar-refractivity contribution >= 4 is 27.8 Å². The highest BCUT2D eigenvalue weighted by molar-refractivity contribution is 5.97. The van der Waals surface area contributed by atoms with E-state index in [4.69, 9.17) is 4.74 Å². The molecule has 0 aromatic heterocycles. The van der Waals surface area contributed by atoms with Gasteiger partial charge in [-0.15, -0.1) is 0 Å². The summed E-state index contributed by atoms with van der Waals surface area (Å²) in [5, 5.41) is 2.66. The van der Waals surface area contributed by atoms with Gasteiger partial charge in [0.05, 0.1) is 13.2 Å². The van der Waals surface area contributed by atoms with E-state index in [2.05, 4.69) is 141 Å². The molecule has 0 amide bonds. The number of rotatable bonds is 14. The molecule has 4 nitrogen and oxygen atoms in total. The summed E-state index contributed by atoms with van der Waals surface area (Å²) in [6, 6.07) is 32.4. The fourth-order valence-corrected chi connectivity index (χ4v) is 6.89. The summed E-state index contributed by atoms with van der Waals surface area (Å²) in [5.41, 5.74) is 8.17. The second kappa shape index (κ2) is 13.9. The summed E-state index contributed by atoms with van der Waals surface area (Å²) in [4.78, 5) is 7.40. The molecule has 0 unspecified atom stereocenters. The van der Waals surface area contributed by atoms with Crippen LogP contribution in [0.3, 0.4) is 0 Å². The minimum Gasteiger partial charge on any atom is -0.380 e. The Morgan fingerprint density at radius 2 is 1.07 bits per heavy atom. The maximum atomic E-state index is 5.69. The van der Waals surface area contributed by atoms with Crippen molar-refractivity contribution in [1.29, 1.82) is 0 Å². The van der Waals surface area contributed by atoms with Crippen LogP contribution < -0.4 is 14.7 Å². The fourth-order valence-electron chi connectivity index (χ4n) is 6.89. The van der Waals surface area contributed by atoms with Crippen LogP contribution in [0.2, 0.25) is 0 Å². The van der Waals surface area contributed by atoms with Gasteiger partial charge in [-0.05, 0) is 93.4 Å². The zero-order valence-corrected chi connectivity index (χ0v) is 27.3. The second-order valence-electron chi connectivity index (χ2n) is 12.0. The smallest absolute Gasteiger partial charge is 0.0561 e. The number of nitrogens with zero attached hydrogens (tertiary/aromatic N) is 3. The summed E-state index contributed by atoms with van der Waals surface area (Å²) in [7, 11) is 0. The van der Waals surface area contributed by atoms with Crippen molar-refractivity contribution in [3.63, 3.8) is 0 Å². The van der Waals surface area contributed by atoms with Crippen LogP contribution >= 0.6 is 0 Å². The zero-order valence-electron chi connectivity index (χ0n) is 27.3. The molecule has 0 saturated carbocycles. The van der Waals surface area contributed by atoms with Gasteiger partial charge in [0.1, 0.15) is 0 Å². The summed E-state index contributed by atoms with van der Waals surface area (Å²) in [5.74, 6) is 0.132. The van der Waals surface area contributed by atoms with Gasteiger partial charge in [-0.25, -0.2) is 0 Å². The Labute approximate surface area is 260 Å². The number of hydrogen-bond donors (Lipinski definition) is 0. The Balaban J connectivity index is 1.62. The lowest BCUT2D eigenvalue weighted by Crippen LogP contribution is -2.50. The number of anilines is 3. The lowest BCUT2D eigenvalue weighted by molar-refractivity contribution is -0.109. The third-order valence-corrected chi connectivity index (χ3v) is 9.77. The molecule has 0 atom stereocenters. The van der Waals surface area contributed by atoms with Crippen molar-refractivity contribution in [2.24, 2.45) is 5.41 Å². The van der Waals surface area contributed by atoms with Crippen LogP contribution in [-0.2, 0) is 4.74 Å². The first kappa shape index (κ1) is 30.9. The molecule has 0 spiro atoms. The molecule has 5 rings (SSSR count). The summed E-state index contributed by atoms with van der Waals surface area (Å²) >= 11 is 0. The average Bonchev–Trinajstić information content (AvgIpc) is 3.04. The minimum absolute atomic E-state index is 0.132. The predicted molar refractivity (Wildman–Crippen MR) is 186 cm³/mol. The molecule has 1 aliphatic heterocycles. The third kappa shape index (κ3) is 6.26. The van der Waals surface area contributed by atoms with Gasteiger partial charge >= 0.3 is 0 Å². The molecular weight excluding hydrogens is 526 g/mol. The van der Waals surface area contributed by atoms with E-state index in [0.717, 1.165) is 58.9 Å². The monoisotopic (exact) mass is 577 g/mol. The molecule has 1 fully saturated rings. The van der Waals surface area contributed by atoms with Gasteiger partial charge in [0.25, 0.3) is 0 Å². The second-order valence-corrected chi connectivity index (χ2v) is 12.0. The molecular formula is C39H51N3O. The highest BCUT2D eigenvalue weighted by Gasteiger charge is 2.38. The normalized spacial score (nSPS) is 14.1. The zero-order chi connectivity index (χ0) is 30.4. The highest BCUT2D eigenvalue weighted by Crippen LogP contribution is 2.41. The van der Waals surface area contributed by atoms with E-state index >= 15 is 0 Å². The van der Waals surface area contributed by atoms with Gasteiger partial charge in [-0.3, -0.25) is 0 Å². The maximum absolute atomic E-state index is 5.69. The van der Waals surface area contributed by atoms with Crippen LogP contribution in [-0.4, -0.2) is 52.5 Å². The van der Waals surface area contributed by atoms with E-state index in [9.17, 15) is 0 Å². The first-order chi connectivity index (χ1) is 21.0. The SMILES string of the molecule is CCN(CC)c1ccc(C(c2ccc(N(CC)CC)cc2)c2ccc(N(CC)CC3(CC)COC3)c3ccccc23)cc1. The van der Waals surface area contributed by atoms with E-state index in [0.29, 0.717) is 0 Å². The van der Waals surface area contributed by atoms with Crippen molar-refractivity contribution in [3.8, 4) is 0 Å². The Kier molecular flexibility index (Phi) is 9.97. The van der Waals surface area contributed by atoms with Gasteiger partial charge in [0, 0.05) is 73.0 Å². The maximum Gasteiger partial charge on any atom is 0.0561 e. The fraction of sp³-hybridized carbons (Fsp3) is 0.436. The Hall–Kier alpha value is -3.50. The lowest BCUT2D eigenvalue weighted by atomic mass is 9.81. The predicted octanol–water partition coefficient (Wildman–Crippen LogP) is 8.97. The van der Waals surface area contributed by atoms with Crippen LogP contribution in [0.25, 0.3) is 10.8 Å². The molecule has 4 aromatic rings. The molecule has 1 aliphatic rings. The standard InChI is InChI=1S/C39H51N3O/c1-7-39(28-43-29-39)27-42(12-6)37-26-25-36(34-15-13-14-16-35(34)37)38(30-17-21-32(22-18-30)40(8-2)9-3)31-19-23-33(24-20-31)41(10-4)11-5/h13-26,38H,7-12,27-29H2,1-6H3. The molecule has 0 bridgehead atoms. The van der Waals surface area contributed by atoms with Crippen molar-refractivity contribution in [1.82, 2.24) is 0 Å². The van der Waals surface area contributed by atoms with Gasteiger partial charge in [0.2, 0.25) is 0 Å². The average molecular weight is 578 g/mol. The van der Waals surface area contributed by atoms with Crippen LogP contribution in [0.15, 0.2) is 84.9 Å². The van der Waals surface area contributed by atoms with Gasteiger partial charge in [0.15, 0.2) is 0 Å². The van der Waals surface area contributed by atoms with Gasteiger partial charge in [-0.2, -0.15) is 0 Å². The highest BCUT2D eigenvalue weighted by atomic mass is 16.5. The van der Waals surface area contributed by atoms with E-state index in [-0.39, 0.29) is 11.3 Å². The number of ether oxygens (including phenoxy) is 1. The molecule has 228 valence electrons. The van der Waals surface area contributed by atoms with Crippen molar-refractivity contribution in [2.75, 3.05) is 67.2 Å². The van der Waals surface area contributed by atoms with Crippen molar-refractivity contribution in [2.45, 2.75) is 53.9 Å². The third-order valence-electron chi connectivity index (χ3n) is 9.77. The topological polar surface area (TPSA) is 19.0 Å². The van der Waals surface area contributed by atoms with Gasteiger partial charge in [-0.1, -0.05) is 61.5 Å². The first-order valence-corrected chi connectivity index (χ1v) is 16.5. The largest absolute Gasteiger partial charge is 0.380 e. The van der Waals surface area contributed by atoms with Crippen LogP contribution in [0, 0.1) is 5.41 Å². The van der Waals surface area contributed by atoms with E-state index < -0.39 is 0 Å². The van der Waals surface area contributed by atoms with Crippen molar-refractivity contribution < 1.29 is 4.74 Å². The van der Waals surface area contributed by atoms with Crippen LogP contribution in [0.5, 0.6) is 0 Å². The van der Waals surface area contributed by atoms with E-state index in [1.807, 2.05) is 0 Å². The Morgan fingerprint density at radius 3 is 1.49 bits per heavy atom. The van der Waals surface area contributed by atoms with E-state index in [1.54, 1.807) is 0 Å². The van der Waals surface area contributed by atoms with Gasteiger partial charge < -0.3 is 19.4 Å². The number of fused-ring (bicyclic) bond motifs is 1. The summed E-state index contributed by atoms with van der Waals surface area (Å²) in [6.45, 7) is 21.3. The summed E-state index contributed by atoms with van der Waals surface area (Å²) < 4.78 is 5.69. The molecule has 1 saturated heterocycles. The molecule has 4 heteroatoms. The molecule has 43 heavy (non-hydrogen) atoms. The minimum atomic E-state index is 0.132. The Bertz CT molecular complexity index is 1390.